The zero-order valence-corrected chi connectivity index (χ0v) is 9.84. The number of nitrogens with one attached hydrogen (secondary N) is 1. The molecule has 1 rings (SSSR count). The maximum atomic E-state index is 11.1. The molecule has 16 heavy (non-hydrogen) atoms. The van der Waals surface area contributed by atoms with Gasteiger partial charge in [0.1, 0.15) is 11.8 Å². The van der Waals surface area contributed by atoms with Gasteiger partial charge >= 0.3 is 0 Å². The molecule has 0 saturated heterocycles. The smallest absolute Gasteiger partial charge is 0.229 e. The summed E-state index contributed by atoms with van der Waals surface area (Å²) < 4.78 is 29.6. The third kappa shape index (κ3) is 3.79. The molecule has 0 fully saturated rings. The van der Waals surface area contributed by atoms with Gasteiger partial charge in [-0.3, -0.25) is 4.72 Å². The first-order valence-corrected chi connectivity index (χ1v) is 6.40. The summed E-state index contributed by atoms with van der Waals surface area (Å²) in [7, 11) is -3.31. The van der Waals surface area contributed by atoms with E-state index in [2.05, 4.69) is 4.72 Å². The van der Waals surface area contributed by atoms with Crippen molar-refractivity contribution in [1.82, 2.24) is 0 Å². The van der Waals surface area contributed by atoms with Gasteiger partial charge in [-0.05, 0) is 18.6 Å². The van der Waals surface area contributed by atoms with Gasteiger partial charge in [0.25, 0.3) is 0 Å². The lowest BCUT2D eigenvalue weighted by atomic mass is 10.2. The summed E-state index contributed by atoms with van der Waals surface area (Å²) in [6.07, 6.45) is 1.08. The number of ether oxygens (including phenoxy) is 1. The molecule has 1 aromatic carbocycles. The van der Waals surface area contributed by atoms with E-state index in [-0.39, 0.29) is 6.61 Å². The predicted molar refractivity (Wildman–Crippen MR) is 60.8 cm³/mol. The van der Waals surface area contributed by atoms with Crippen molar-refractivity contribution in [3.63, 3.8) is 0 Å². The standard InChI is InChI=1S/C10H12N2O3S/c1-8-3-4-9(15-6-5-11)7-10(8)12-16(2,13)14/h3-4,7,12H,6H2,1-2H3. The summed E-state index contributed by atoms with van der Waals surface area (Å²) in [6.45, 7) is 1.71. The van der Waals surface area contributed by atoms with Crippen LogP contribution in [0.2, 0.25) is 0 Å². The van der Waals surface area contributed by atoms with Crippen LogP contribution in [0.25, 0.3) is 0 Å². The highest BCUT2D eigenvalue weighted by Gasteiger charge is 2.06. The Kier molecular flexibility index (Phi) is 3.74. The molecule has 0 saturated carbocycles. The Morgan fingerprint density at radius 1 is 1.50 bits per heavy atom. The van der Waals surface area contributed by atoms with E-state index in [4.69, 9.17) is 10.00 Å². The van der Waals surface area contributed by atoms with E-state index >= 15 is 0 Å². The summed E-state index contributed by atoms with van der Waals surface area (Å²) in [5, 5.41) is 8.35. The molecule has 6 heteroatoms. The lowest BCUT2D eigenvalue weighted by Crippen LogP contribution is -2.10. The van der Waals surface area contributed by atoms with E-state index in [9.17, 15) is 8.42 Å². The third-order valence-corrected chi connectivity index (χ3v) is 2.40. The number of hydrogen-bond donors (Lipinski definition) is 1. The molecule has 0 atom stereocenters. The summed E-state index contributed by atoms with van der Waals surface area (Å²) in [5.41, 5.74) is 1.24. The highest BCUT2D eigenvalue weighted by Crippen LogP contribution is 2.22. The summed E-state index contributed by atoms with van der Waals surface area (Å²) in [5.74, 6) is 0.457. The third-order valence-electron chi connectivity index (χ3n) is 1.81. The van der Waals surface area contributed by atoms with E-state index in [0.717, 1.165) is 11.8 Å². The number of nitrogens with zero attached hydrogens (tertiary/aromatic N) is 1. The van der Waals surface area contributed by atoms with Crippen LogP contribution in [0.1, 0.15) is 5.56 Å². The van der Waals surface area contributed by atoms with Crippen LogP contribution < -0.4 is 9.46 Å². The van der Waals surface area contributed by atoms with E-state index in [1.54, 1.807) is 25.1 Å². The molecule has 0 aliphatic rings. The van der Waals surface area contributed by atoms with Gasteiger partial charge in [-0.25, -0.2) is 8.42 Å². The monoisotopic (exact) mass is 240 g/mol. The van der Waals surface area contributed by atoms with Crippen molar-refractivity contribution in [2.45, 2.75) is 6.92 Å². The maximum Gasteiger partial charge on any atom is 0.229 e. The Morgan fingerprint density at radius 3 is 2.75 bits per heavy atom. The van der Waals surface area contributed by atoms with Gasteiger partial charge in [-0.2, -0.15) is 5.26 Å². The Balaban J connectivity index is 2.96. The quantitative estimate of drug-likeness (QED) is 0.859. The second-order valence-corrected chi connectivity index (χ2v) is 5.05. The number of hydrogen-bond acceptors (Lipinski definition) is 4. The van der Waals surface area contributed by atoms with E-state index in [1.165, 1.54) is 0 Å². The van der Waals surface area contributed by atoms with Gasteiger partial charge in [0.05, 0.1) is 11.9 Å². The molecule has 0 bridgehead atoms. The first kappa shape index (κ1) is 12.3. The fourth-order valence-electron chi connectivity index (χ4n) is 1.12. The van der Waals surface area contributed by atoms with Crippen LogP contribution >= 0.6 is 0 Å². The molecular formula is C10H12N2O3S. The SMILES string of the molecule is Cc1ccc(OCC#N)cc1NS(C)(=O)=O. The summed E-state index contributed by atoms with van der Waals surface area (Å²) in [6, 6.07) is 6.79. The Morgan fingerprint density at radius 2 is 2.19 bits per heavy atom. The average molecular weight is 240 g/mol. The van der Waals surface area contributed by atoms with Crippen LogP contribution in [0, 0.1) is 18.3 Å². The van der Waals surface area contributed by atoms with Crippen molar-refractivity contribution in [1.29, 1.82) is 5.26 Å². The minimum absolute atomic E-state index is 0.0681. The van der Waals surface area contributed by atoms with Crippen LogP contribution in [-0.4, -0.2) is 21.3 Å². The predicted octanol–water partition coefficient (Wildman–Crippen LogP) is 1.27. The molecule has 0 aromatic heterocycles. The minimum Gasteiger partial charge on any atom is -0.479 e. The molecule has 0 radical (unpaired) electrons. The molecule has 0 heterocycles. The van der Waals surface area contributed by atoms with Crippen LogP contribution in [-0.2, 0) is 10.0 Å². The zero-order chi connectivity index (χ0) is 12.2. The van der Waals surface area contributed by atoms with Crippen molar-refractivity contribution in [3.05, 3.63) is 23.8 Å². The summed E-state index contributed by atoms with van der Waals surface area (Å²) >= 11 is 0. The van der Waals surface area contributed by atoms with Gasteiger partial charge in [0.15, 0.2) is 6.61 Å². The lowest BCUT2D eigenvalue weighted by molar-refractivity contribution is 0.368. The molecule has 1 aromatic rings. The highest BCUT2D eigenvalue weighted by molar-refractivity contribution is 7.92. The molecule has 0 spiro atoms. The lowest BCUT2D eigenvalue weighted by Gasteiger charge is -2.09. The fraction of sp³-hybridized carbons (Fsp3) is 0.300. The highest BCUT2D eigenvalue weighted by atomic mass is 32.2. The molecular weight excluding hydrogens is 228 g/mol. The maximum absolute atomic E-state index is 11.1. The summed E-state index contributed by atoms with van der Waals surface area (Å²) in [4.78, 5) is 0. The van der Waals surface area contributed by atoms with Gasteiger partial charge in [-0.15, -0.1) is 0 Å². The number of sulfonamides is 1. The minimum atomic E-state index is -3.31. The number of anilines is 1. The van der Waals surface area contributed by atoms with Crippen LogP contribution in [0.3, 0.4) is 0 Å². The second-order valence-electron chi connectivity index (χ2n) is 3.30. The van der Waals surface area contributed by atoms with Crippen molar-refractivity contribution < 1.29 is 13.2 Å². The van der Waals surface area contributed by atoms with Crippen molar-refractivity contribution in [3.8, 4) is 11.8 Å². The fourth-order valence-corrected chi connectivity index (χ4v) is 1.74. The molecule has 0 amide bonds. The topological polar surface area (TPSA) is 79.2 Å². The number of nitriles is 1. The van der Waals surface area contributed by atoms with Gasteiger partial charge in [0, 0.05) is 6.07 Å². The molecule has 0 aliphatic carbocycles. The van der Waals surface area contributed by atoms with E-state index < -0.39 is 10.0 Å². The van der Waals surface area contributed by atoms with Crippen molar-refractivity contribution >= 4 is 15.7 Å². The number of aryl methyl sites for hydroxylation is 1. The number of rotatable bonds is 4. The first-order chi connectivity index (χ1) is 7.42. The molecule has 86 valence electrons. The Hall–Kier alpha value is -1.74. The van der Waals surface area contributed by atoms with Crippen molar-refractivity contribution in [2.24, 2.45) is 0 Å². The molecule has 0 unspecified atom stereocenters. The second kappa shape index (κ2) is 4.86. The van der Waals surface area contributed by atoms with Gasteiger partial charge < -0.3 is 4.74 Å². The molecule has 5 nitrogen and oxygen atoms in total. The van der Waals surface area contributed by atoms with Gasteiger partial charge in [-0.1, -0.05) is 6.07 Å². The molecule has 1 N–H and O–H groups in total. The Bertz CT molecular complexity index is 517. The van der Waals surface area contributed by atoms with E-state index in [1.807, 2.05) is 6.07 Å². The first-order valence-electron chi connectivity index (χ1n) is 4.50. The van der Waals surface area contributed by atoms with Crippen LogP contribution in [0.15, 0.2) is 18.2 Å². The number of benzene rings is 1. The zero-order valence-electron chi connectivity index (χ0n) is 9.02. The van der Waals surface area contributed by atoms with Gasteiger partial charge in [0.2, 0.25) is 10.0 Å². The molecule has 0 aliphatic heterocycles. The largest absolute Gasteiger partial charge is 0.479 e. The normalized spacial score (nSPS) is 10.6. The van der Waals surface area contributed by atoms with Crippen molar-refractivity contribution in [2.75, 3.05) is 17.6 Å². The van der Waals surface area contributed by atoms with E-state index in [0.29, 0.717) is 11.4 Å². The Labute approximate surface area is 94.7 Å². The van der Waals surface area contributed by atoms with Crippen LogP contribution in [0.4, 0.5) is 5.69 Å². The van der Waals surface area contributed by atoms with Crippen LogP contribution in [0.5, 0.6) is 5.75 Å². The average Bonchev–Trinajstić information content (AvgIpc) is 2.17.